The van der Waals surface area contributed by atoms with Gasteiger partial charge in [-0.15, -0.1) is 0 Å². The number of aromatic nitrogens is 3. The van der Waals surface area contributed by atoms with E-state index in [4.69, 9.17) is 4.52 Å². The molecule has 17 heavy (non-hydrogen) atoms. The molecule has 2 aromatic heterocycles. The van der Waals surface area contributed by atoms with Crippen molar-refractivity contribution >= 4 is 0 Å². The smallest absolute Gasteiger partial charge is 0.241 e. The standard InChI is InChI=1S/C12H16N4O/c1-3-7-16(2)9-11-14-12(15-17-11)10-5-4-6-13-8-10/h4-6,8H,3,7,9H2,1-2H3. The highest BCUT2D eigenvalue weighted by molar-refractivity contribution is 5.51. The maximum Gasteiger partial charge on any atom is 0.241 e. The molecule has 0 saturated carbocycles. The van der Waals surface area contributed by atoms with Crippen LogP contribution in [0.5, 0.6) is 0 Å². The van der Waals surface area contributed by atoms with Crippen LogP contribution < -0.4 is 0 Å². The Morgan fingerprint density at radius 3 is 3.00 bits per heavy atom. The normalized spacial score (nSPS) is 11.0. The summed E-state index contributed by atoms with van der Waals surface area (Å²) in [6.07, 6.45) is 4.56. The highest BCUT2D eigenvalue weighted by atomic mass is 16.5. The van der Waals surface area contributed by atoms with Crippen LogP contribution in [0.2, 0.25) is 0 Å². The van der Waals surface area contributed by atoms with Gasteiger partial charge < -0.3 is 4.52 Å². The Labute approximate surface area is 100 Å². The van der Waals surface area contributed by atoms with Crippen molar-refractivity contribution in [3.8, 4) is 11.4 Å². The molecule has 90 valence electrons. The molecule has 0 aliphatic heterocycles. The molecule has 5 heteroatoms. The maximum atomic E-state index is 5.21. The first-order valence-corrected chi connectivity index (χ1v) is 5.71. The molecule has 0 amide bonds. The second kappa shape index (κ2) is 5.54. The molecule has 0 unspecified atom stereocenters. The molecule has 5 nitrogen and oxygen atoms in total. The Morgan fingerprint density at radius 2 is 2.29 bits per heavy atom. The lowest BCUT2D eigenvalue weighted by Crippen LogP contribution is -2.18. The van der Waals surface area contributed by atoms with Crippen molar-refractivity contribution < 1.29 is 4.52 Å². The van der Waals surface area contributed by atoms with E-state index in [2.05, 4.69) is 26.9 Å². The highest BCUT2D eigenvalue weighted by Gasteiger charge is 2.09. The molecule has 2 aromatic rings. The van der Waals surface area contributed by atoms with Crippen LogP contribution in [-0.4, -0.2) is 33.6 Å². The second-order valence-electron chi connectivity index (χ2n) is 3.99. The first-order chi connectivity index (χ1) is 8.29. The maximum absolute atomic E-state index is 5.21. The van der Waals surface area contributed by atoms with Crippen molar-refractivity contribution in [1.29, 1.82) is 0 Å². The Hall–Kier alpha value is -1.75. The average Bonchev–Trinajstić information content (AvgIpc) is 2.79. The van der Waals surface area contributed by atoms with Gasteiger partial charge in [-0.05, 0) is 32.1 Å². The van der Waals surface area contributed by atoms with Gasteiger partial charge in [-0.3, -0.25) is 9.88 Å². The first-order valence-electron chi connectivity index (χ1n) is 5.71. The van der Waals surface area contributed by atoms with Crippen molar-refractivity contribution in [3.05, 3.63) is 30.4 Å². The molecule has 0 saturated heterocycles. The fourth-order valence-corrected chi connectivity index (χ4v) is 1.62. The van der Waals surface area contributed by atoms with E-state index in [9.17, 15) is 0 Å². The summed E-state index contributed by atoms with van der Waals surface area (Å²) in [5.41, 5.74) is 0.876. The number of nitrogens with zero attached hydrogens (tertiary/aromatic N) is 4. The summed E-state index contributed by atoms with van der Waals surface area (Å²) in [5, 5.41) is 3.95. The predicted molar refractivity (Wildman–Crippen MR) is 64.2 cm³/mol. The molecule has 0 bridgehead atoms. The molecular weight excluding hydrogens is 216 g/mol. The molecule has 0 fully saturated rings. The van der Waals surface area contributed by atoms with Crippen LogP contribution in [0, 0.1) is 0 Å². The van der Waals surface area contributed by atoms with Crippen LogP contribution in [-0.2, 0) is 6.54 Å². The third-order valence-corrected chi connectivity index (χ3v) is 2.40. The topological polar surface area (TPSA) is 55.1 Å². The molecule has 0 aliphatic carbocycles. The first kappa shape index (κ1) is 11.7. The monoisotopic (exact) mass is 232 g/mol. The zero-order valence-electron chi connectivity index (χ0n) is 10.1. The predicted octanol–water partition coefficient (Wildman–Crippen LogP) is 1.97. The minimum Gasteiger partial charge on any atom is -0.338 e. The van der Waals surface area contributed by atoms with Gasteiger partial charge in [0.1, 0.15) is 0 Å². The van der Waals surface area contributed by atoms with Crippen LogP contribution in [0.1, 0.15) is 19.2 Å². The number of hydrogen-bond acceptors (Lipinski definition) is 5. The van der Waals surface area contributed by atoms with Gasteiger partial charge in [-0.25, -0.2) is 0 Å². The highest BCUT2D eigenvalue weighted by Crippen LogP contribution is 2.14. The molecule has 0 spiro atoms. The fourth-order valence-electron chi connectivity index (χ4n) is 1.62. The van der Waals surface area contributed by atoms with E-state index >= 15 is 0 Å². The lowest BCUT2D eigenvalue weighted by molar-refractivity contribution is 0.267. The van der Waals surface area contributed by atoms with Crippen LogP contribution in [0.15, 0.2) is 29.0 Å². The van der Waals surface area contributed by atoms with E-state index in [0.717, 1.165) is 18.5 Å². The quantitative estimate of drug-likeness (QED) is 0.789. The van der Waals surface area contributed by atoms with Crippen LogP contribution >= 0.6 is 0 Å². The van der Waals surface area contributed by atoms with E-state index < -0.39 is 0 Å². The third kappa shape index (κ3) is 3.10. The van der Waals surface area contributed by atoms with E-state index in [0.29, 0.717) is 18.3 Å². The zero-order chi connectivity index (χ0) is 12.1. The Balaban J connectivity index is 2.06. The molecule has 2 rings (SSSR count). The Bertz CT molecular complexity index is 455. The molecule has 0 radical (unpaired) electrons. The van der Waals surface area contributed by atoms with E-state index in [-0.39, 0.29) is 0 Å². The van der Waals surface area contributed by atoms with Gasteiger partial charge >= 0.3 is 0 Å². The Kier molecular flexibility index (Phi) is 3.82. The summed E-state index contributed by atoms with van der Waals surface area (Å²) in [7, 11) is 2.04. The van der Waals surface area contributed by atoms with Gasteiger partial charge in [0.05, 0.1) is 6.54 Å². The van der Waals surface area contributed by atoms with Gasteiger partial charge in [-0.2, -0.15) is 4.98 Å². The summed E-state index contributed by atoms with van der Waals surface area (Å²) in [4.78, 5) is 10.5. The van der Waals surface area contributed by atoms with E-state index in [1.54, 1.807) is 12.4 Å². The van der Waals surface area contributed by atoms with Gasteiger partial charge in [0, 0.05) is 18.0 Å². The van der Waals surface area contributed by atoms with Gasteiger partial charge in [0.15, 0.2) is 0 Å². The number of rotatable bonds is 5. The van der Waals surface area contributed by atoms with Gasteiger partial charge in [0.2, 0.25) is 11.7 Å². The molecular formula is C12H16N4O. The minimum atomic E-state index is 0.595. The molecule has 0 aromatic carbocycles. The number of hydrogen-bond donors (Lipinski definition) is 0. The van der Waals surface area contributed by atoms with Crippen molar-refractivity contribution in [2.45, 2.75) is 19.9 Å². The second-order valence-corrected chi connectivity index (χ2v) is 3.99. The van der Waals surface area contributed by atoms with Crippen molar-refractivity contribution in [2.75, 3.05) is 13.6 Å². The van der Waals surface area contributed by atoms with E-state index in [1.807, 2.05) is 19.2 Å². The van der Waals surface area contributed by atoms with Crippen molar-refractivity contribution in [3.63, 3.8) is 0 Å². The molecule has 0 atom stereocenters. The molecule has 0 aliphatic rings. The SMILES string of the molecule is CCCN(C)Cc1nc(-c2cccnc2)no1. The minimum absolute atomic E-state index is 0.595. The fraction of sp³-hybridized carbons (Fsp3) is 0.417. The average molecular weight is 232 g/mol. The van der Waals surface area contributed by atoms with Gasteiger partial charge in [0.25, 0.3) is 0 Å². The summed E-state index contributed by atoms with van der Waals surface area (Å²) in [6, 6.07) is 3.77. The Morgan fingerprint density at radius 1 is 1.41 bits per heavy atom. The third-order valence-electron chi connectivity index (χ3n) is 2.40. The number of pyridine rings is 1. The molecule has 2 heterocycles. The van der Waals surface area contributed by atoms with Gasteiger partial charge in [-0.1, -0.05) is 12.1 Å². The largest absolute Gasteiger partial charge is 0.338 e. The molecule has 0 N–H and O–H groups in total. The lowest BCUT2D eigenvalue weighted by atomic mass is 10.3. The van der Waals surface area contributed by atoms with Crippen molar-refractivity contribution in [1.82, 2.24) is 20.0 Å². The summed E-state index contributed by atoms with van der Waals surface area (Å²) < 4.78 is 5.21. The van der Waals surface area contributed by atoms with Crippen molar-refractivity contribution in [2.24, 2.45) is 0 Å². The van der Waals surface area contributed by atoms with E-state index in [1.165, 1.54) is 0 Å². The van der Waals surface area contributed by atoms with Crippen LogP contribution in [0.4, 0.5) is 0 Å². The summed E-state index contributed by atoms with van der Waals surface area (Å²) in [5.74, 6) is 1.23. The van der Waals surface area contributed by atoms with Crippen LogP contribution in [0.3, 0.4) is 0 Å². The van der Waals surface area contributed by atoms with Crippen LogP contribution in [0.25, 0.3) is 11.4 Å². The summed E-state index contributed by atoms with van der Waals surface area (Å²) >= 11 is 0. The zero-order valence-corrected chi connectivity index (χ0v) is 10.1. The lowest BCUT2D eigenvalue weighted by Gasteiger charge is -2.11. The summed E-state index contributed by atoms with van der Waals surface area (Å²) in [6.45, 7) is 3.84.